The van der Waals surface area contributed by atoms with E-state index in [2.05, 4.69) is 0 Å². The maximum absolute atomic E-state index is 13.1. The van der Waals surface area contributed by atoms with Gasteiger partial charge in [0.15, 0.2) is 0 Å². The summed E-state index contributed by atoms with van der Waals surface area (Å²) in [6.45, 7) is 1.05. The Bertz CT molecular complexity index is 1090. The molecule has 0 aliphatic rings. The van der Waals surface area contributed by atoms with Crippen molar-refractivity contribution in [1.82, 2.24) is 9.47 Å². The molecule has 4 nitrogen and oxygen atoms in total. The highest BCUT2D eigenvalue weighted by molar-refractivity contribution is 5.93. The van der Waals surface area contributed by atoms with Crippen LogP contribution in [-0.4, -0.2) is 21.3 Å². The fourth-order valence-electron chi connectivity index (χ4n) is 3.63. The van der Waals surface area contributed by atoms with Gasteiger partial charge in [-0.3, -0.25) is 14.2 Å². The Kier molecular flexibility index (Phi) is 6.04. The maximum Gasteiger partial charge on any atom is 0.231 e. The van der Waals surface area contributed by atoms with Crippen molar-refractivity contribution in [2.45, 2.75) is 25.9 Å². The zero-order valence-electron chi connectivity index (χ0n) is 16.8. The molecule has 4 heteroatoms. The molecule has 0 N–H and O–H groups in total. The van der Waals surface area contributed by atoms with Crippen LogP contribution >= 0.6 is 0 Å². The molecule has 0 saturated carbocycles. The van der Waals surface area contributed by atoms with Crippen LogP contribution < -0.4 is 0 Å². The molecule has 0 radical (unpaired) electrons. The summed E-state index contributed by atoms with van der Waals surface area (Å²) in [6, 6.07) is 29.6. The van der Waals surface area contributed by atoms with E-state index in [1.54, 1.807) is 10.8 Å². The Labute approximate surface area is 176 Å². The zero-order chi connectivity index (χ0) is 20.8. The van der Waals surface area contributed by atoms with Gasteiger partial charge in [0, 0.05) is 37.5 Å². The van der Waals surface area contributed by atoms with Gasteiger partial charge in [0.05, 0.1) is 5.52 Å². The van der Waals surface area contributed by atoms with Crippen molar-refractivity contribution in [2.75, 3.05) is 0 Å². The summed E-state index contributed by atoms with van der Waals surface area (Å²) in [5.41, 5.74) is 3.02. The summed E-state index contributed by atoms with van der Waals surface area (Å²) in [4.78, 5) is 27.6. The van der Waals surface area contributed by atoms with Crippen LogP contribution in [0.2, 0.25) is 0 Å². The van der Waals surface area contributed by atoms with Gasteiger partial charge in [0.25, 0.3) is 0 Å². The first-order valence-corrected chi connectivity index (χ1v) is 10.2. The normalized spacial score (nSPS) is 10.8. The van der Waals surface area contributed by atoms with Gasteiger partial charge in [-0.25, -0.2) is 0 Å². The fraction of sp³-hybridized carbons (Fsp3) is 0.154. The molecule has 1 heterocycles. The maximum atomic E-state index is 13.1. The third kappa shape index (κ3) is 4.66. The molecule has 4 aromatic rings. The molecule has 1 amide bonds. The minimum absolute atomic E-state index is 0.0208. The zero-order valence-corrected chi connectivity index (χ0v) is 16.8. The number of carbonyl (C=O) groups is 2. The molecule has 0 aliphatic heterocycles. The second kappa shape index (κ2) is 9.23. The van der Waals surface area contributed by atoms with Crippen molar-refractivity contribution >= 4 is 22.7 Å². The summed E-state index contributed by atoms with van der Waals surface area (Å²) >= 11 is 0. The van der Waals surface area contributed by atoms with Gasteiger partial charge < -0.3 is 4.90 Å². The predicted molar refractivity (Wildman–Crippen MR) is 119 cm³/mol. The first kappa shape index (κ1) is 19.6. The molecule has 0 unspecified atom stereocenters. The van der Waals surface area contributed by atoms with Crippen molar-refractivity contribution in [2.24, 2.45) is 0 Å². The molecule has 0 aliphatic carbocycles. The molecule has 1 aromatic heterocycles. The SMILES string of the molecule is O=C(CCC(=O)n1ccc2ccccc21)N(Cc1ccccc1)Cc1ccccc1. The smallest absolute Gasteiger partial charge is 0.231 e. The van der Waals surface area contributed by atoms with E-state index in [1.165, 1.54) is 0 Å². The van der Waals surface area contributed by atoms with Gasteiger partial charge in [-0.05, 0) is 23.3 Å². The topological polar surface area (TPSA) is 42.3 Å². The number of rotatable bonds is 7. The van der Waals surface area contributed by atoms with Gasteiger partial charge in [0.2, 0.25) is 11.8 Å². The lowest BCUT2D eigenvalue weighted by Crippen LogP contribution is -2.30. The van der Waals surface area contributed by atoms with Crippen molar-refractivity contribution in [3.05, 3.63) is 108 Å². The molecule has 30 heavy (non-hydrogen) atoms. The highest BCUT2D eigenvalue weighted by Gasteiger charge is 2.17. The quantitative estimate of drug-likeness (QED) is 0.426. The second-order valence-electron chi connectivity index (χ2n) is 7.36. The summed E-state index contributed by atoms with van der Waals surface area (Å²) in [5.74, 6) is -0.0866. The number of aromatic nitrogens is 1. The molecule has 0 fully saturated rings. The Hall–Kier alpha value is -3.66. The van der Waals surface area contributed by atoms with E-state index in [4.69, 9.17) is 0 Å². The number of benzene rings is 3. The molecule has 0 spiro atoms. The van der Waals surface area contributed by atoms with Crippen molar-refractivity contribution in [3.63, 3.8) is 0 Å². The lowest BCUT2D eigenvalue weighted by atomic mass is 10.1. The molecular weight excluding hydrogens is 372 g/mol. The van der Waals surface area contributed by atoms with Crippen LogP contribution in [0, 0.1) is 0 Å². The van der Waals surface area contributed by atoms with Crippen LogP contribution in [0.3, 0.4) is 0 Å². The van der Waals surface area contributed by atoms with Crippen LogP contribution in [0.5, 0.6) is 0 Å². The van der Waals surface area contributed by atoms with E-state index in [-0.39, 0.29) is 24.7 Å². The second-order valence-corrected chi connectivity index (χ2v) is 7.36. The third-order valence-corrected chi connectivity index (χ3v) is 5.21. The summed E-state index contributed by atoms with van der Waals surface area (Å²) in [5, 5.41) is 1.02. The highest BCUT2D eigenvalue weighted by atomic mass is 16.2. The fourth-order valence-corrected chi connectivity index (χ4v) is 3.63. The van der Waals surface area contributed by atoms with Crippen LogP contribution in [-0.2, 0) is 17.9 Å². The van der Waals surface area contributed by atoms with Crippen LogP contribution in [0.25, 0.3) is 10.9 Å². The molecular formula is C26H24N2O2. The average Bonchev–Trinajstić information content (AvgIpc) is 3.22. The lowest BCUT2D eigenvalue weighted by molar-refractivity contribution is -0.132. The molecule has 3 aromatic carbocycles. The van der Waals surface area contributed by atoms with Gasteiger partial charge in [-0.1, -0.05) is 78.9 Å². The minimum Gasteiger partial charge on any atom is -0.334 e. The Balaban J connectivity index is 1.46. The van der Waals surface area contributed by atoms with Crippen molar-refractivity contribution in [3.8, 4) is 0 Å². The van der Waals surface area contributed by atoms with Gasteiger partial charge >= 0.3 is 0 Å². The number of fused-ring (bicyclic) bond motifs is 1. The monoisotopic (exact) mass is 396 g/mol. The standard InChI is InChI=1S/C26H24N2O2/c29-25(15-16-26(30)28-18-17-23-13-7-8-14-24(23)28)27(19-21-9-3-1-4-10-21)20-22-11-5-2-6-12-22/h1-14,17-18H,15-16,19-20H2. The molecule has 150 valence electrons. The van der Waals surface area contributed by atoms with E-state index in [1.807, 2.05) is 95.9 Å². The first-order chi connectivity index (χ1) is 14.7. The van der Waals surface area contributed by atoms with Crippen LogP contribution in [0.15, 0.2) is 97.2 Å². The largest absolute Gasteiger partial charge is 0.334 e. The number of amides is 1. The van der Waals surface area contributed by atoms with Gasteiger partial charge in [-0.15, -0.1) is 0 Å². The van der Waals surface area contributed by atoms with E-state index in [0.29, 0.717) is 13.1 Å². The Morgan fingerprint density at radius 1 is 0.667 bits per heavy atom. The molecule has 0 saturated heterocycles. The minimum atomic E-state index is -0.0658. The number of hydrogen-bond acceptors (Lipinski definition) is 2. The summed E-state index contributed by atoms with van der Waals surface area (Å²) in [6.07, 6.45) is 2.14. The number of carbonyl (C=O) groups excluding carboxylic acids is 2. The van der Waals surface area contributed by atoms with Crippen LogP contribution in [0.4, 0.5) is 0 Å². The Morgan fingerprint density at radius 3 is 1.87 bits per heavy atom. The molecule has 4 rings (SSSR count). The van der Waals surface area contributed by atoms with E-state index < -0.39 is 0 Å². The third-order valence-electron chi connectivity index (χ3n) is 5.21. The van der Waals surface area contributed by atoms with Crippen molar-refractivity contribution < 1.29 is 9.59 Å². The predicted octanol–water partition coefficient (Wildman–Crippen LogP) is 5.29. The Morgan fingerprint density at radius 2 is 1.23 bits per heavy atom. The average molecular weight is 396 g/mol. The van der Waals surface area contributed by atoms with Crippen LogP contribution in [0.1, 0.15) is 28.8 Å². The first-order valence-electron chi connectivity index (χ1n) is 10.2. The number of para-hydroxylation sites is 1. The van der Waals surface area contributed by atoms with E-state index in [0.717, 1.165) is 22.0 Å². The molecule has 0 atom stereocenters. The van der Waals surface area contributed by atoms with Crippen molar-refractivity contribution in [1.29, 1.82) is 0 Å². The van der Waals surface area contributed by atoms with Gasteiger partial charge in [0.1, 0.15) is 0 Å². The lowest BCUT2D eigenvalue weighted by Gasteiger charge is -2.23. The van der Waals surface area contributed by atoms with Gasteiger partial charge in [-0.2, -0.15) is 0 Å². The summed E-state index contributed by atoms with van der Waals surface area (Å²) in [7, 11) is 0. The number of hydrogen-bond donors (Lipinski definition) is 0. The number of nitrogens with zero attached hydrogens (tertiary/aromatic N) is 2. The summed E-state index contributed by atoms with van der Waals surface area (Å²) < 4.78 is 1.64. The highest BCUT2D eigenvalue weighted by Crippen LogP contribution is 2.17. The molecule has 0 bridgehead atoms. The van der Waals surface area contributed by atoms with E-state index in [9.17, 15) is 9.59 Å². The van der Waals surface area contributed by atoms with E-state index >= 15 is 0 Å².